The van der Waals surface area contributed by atoms with Gasteiger partial charge in [0.15, 0.2) is 5.58 Å². The molecule has 8 aromatic carbocycles. The maximum Gasteiger partial charge on any atom is 0.236 e. The molecule has 1 spiro atoms. The summed E-state index contributed by atoms with van der Waals surface area (Å²) >= 11 is 0. The van der Waals surface area contributed by atoms with E-state index in [0.717, 1.165) is 49.5 Å². The molecule has 0 bridgehead atoms. The van der Waals surface area contributed by atoms with Gasteiger partial charge in [0.1, 0.15) is 16.8 Å². The molecule has 4 nitrogen and oxygen atoms in total. The SMILES string of the molecule is c1ccc(-c2nc(-n3c4cccc5c4c4c6c(cccc6ccc43)C53c4ccccc4-c4ccccc43)nc3c2oc2cc4ccccc4cc23)cc1. The van der Waals surface area contributed by atoms with E-state index in [2.05, 4.69) is 162 Å². The summed E-state index contributed by atoms with van der Waals surface area (Å²) in [6.45, 7) is 0. The first-order valence-corrected chi connectivity index (χ1v) is 18.2. The van der Waals surface area contributed by atoms with Crippen molar-refractivity contribution in [3.8, 4) is 28.3 Å². The van der Waals surface area contributed by atoms with Crippen LogP contribution in [0.2, 0.25) is 0 Å². The van der Waals surface area contributed by atoms with Crippen molar-refractivity contribution in [2.75, 3.05) is 0 Å². The normalized spacial score (nSPS) is 13.8. The van der Waals surface area contributed by atoms with Crippen molar-refractivity contribution in [1.29, 1.82) is 0 Å². The number of nitrogens with zero attached hydrogens (tertiary/aromatic N) is 3. The van der Waals surface area contributed by atoms with Gasteiger partial charge in [0.2, 0.25) is 5.95 Å². The van der Waals surface area contributed by atoms with E-state index in [9.17, 15) is 0 Å². The van der Waals surface area contributed by atoms with Gasteiger partial charge in [0, 0.05) is 21.7 Å². The molecule has 4 heteroatoms. The Morgan fingerprint density at radius 3 is 1.89 bits per heavy atom. The zero-order valence-electron chi connectivity index (χ0n) is 28.3. The van der Waals surface area contributed by atoms with Gasteiger partial charge in [-0.2, -0.15) is 0 Å². The van der Waals surface area contributed by atoms with Crippen LogP contribution in [-0.4, -0.2) is 14.5 Å². The summed E-state index contributed by atoms with van der Waals surface area (Å²) < 4.78 is 8.97. The lowest BCUT2D eigenvalue weighted by atomic mass is 9.63. The Morgan fingerprint density at radius 1 is 0.472 bits per heavy atom. The van der Waals surface area contributed by atoms with Crippen LogP contribution in [0.1, 0.15) is 22.3 Å². The maximum atomic E-state index is 6.67. The second-order valence-corrected chi connectivity index (χ2v) is 14.5. The minimum atomic E-state index is -0.471. The first-order chi connectivity index (χ1) is 26.3. The number of rotatable bonds is 2. The van der Waals surface area contributed by atoms with Gasteiger partial charge in [-0.25, -0.2) is 9.97 Å². The summed E-state index contributed by atoms with van der Waals surface area (Å²) in [4.78, 5) is 10.9. The molecule has 3 heterocycles. The highest BCUT2D eigenvalue weighted by Gasteiger charge is 2.50. The number of benzene rings is 8. The fraction of sp³-hybridized carbons (Fsp3) is 0.0204. The molecular formula is C49H27N3O. The van der Waals surface area contributed by atoms with Crippen LogP contribution in [-0.2, 0) is 5.41 Å². The Bertz CT molecular complexity index is 3360. The van der Waals surface area contributed by atoms with E-state index in [1.165, 1.54) is 54.9 Å². The summed E-state index contributed by atoms with van der Waals surface area (Å²) in [6, 6.07) is 59.3. The average Bonchev–Trinajstić information content (AvgIpc) is 3.85. The number of furan rings is 1. The minimum absolute atomic E-state index is 0.471. The largest absolute Gasteiger partial charge is 0.452 e. The molecule has 2 aliphatic carbocycles. The van der Waals surface area contributed by atoms with Crippen LogP contribution in [0.25, 0.3) is 93.8 Å². The van der Waals surface area contributed by atoms with Crippen LogP contribution in [0, 0.1) is 0 Å². The zero-order valence-corrected chi connectivity index (χ0v) is 28.3. The van der Waals surface area contributed by atoms with Gasteiger partial charge in [0.25, 0.3) is 0 Å². The van der Waals surface area contributed by atoms with E-state index in [0.29, 0.717) is 11.5 Å². The number of hydrogen-bond donors (Lipinski definition) is 0. The fourth-order valence-electron chi connectivity index (χ4n) is 9.94. The van der Waals surface area contributed by atoms with Gasteiger partial charge in [-0.3, -0.25) is 4.57 Å². The van der Waals surface area contributed by atoms with Crippen molar-refractivity contribution in [3.05, 3.63) is 186 Å². The van der Waals surface area contributed by atoms with Gasteiger partial charge in [-0.05, 0) is 79.2 Å². The minimum Gasteiger partial charge on any atom is -0.452 e. The molecule has 0 fully saturated rings. The van der Waals surface area contributed by atoms with Gasteiger partial charge in [-0.15, -0.1) is 0 Å². The third-order valence-electron chi connectivity index (χ3n) is 12.0. The molecule has 13 rings (SSSR count). The number of aromatic nitrogens is 3. The second kappa shape index (κ2) is 9.64. The van der Waals surface area contributed by atoms with E-state index in [-0.39, 0.29) is 0 Å². The Balaban J connectivity index is 1.21. The lowest BCUT2D eigenvalue weighted by Crippen LogP contribution is -2.30. The molecule has 2 aliphatic rings. The highest BCUT2D eigenvalue weighted by Crippen LogP contribution is 2.62. The Morgan fingerprint density at radius 2 is 1.09 bits per heavy atom. The predicted molar refractivity (Wildman–Crippen MR) is 215 cm³/mol. The lowest BCUT2D eigenvalue weighted by Gasteiger charge is -2.37. The zero-order chi connectivity index (χ0) is 34.4. The number of hydrogen-bond acceptors (Lipinski definition) is 3. The fourth-order valence-corrected chi connectivity index (χ4v) is 9.94. The summed E-state index contributed by atoms with van der Waals surface area (Å²) in [6.07, 6.45) is 0. The van der Waals surface area contributed by atoms with Crippen LogP contribution >= 0.6 is 0 Å². The third-order valence-corrected chi connectivity index (χ3v) is 12.0. The molecule has 0 N–H and O–H groups in total. The Hall–Kier alpha value is -7.04. The molecule has 0 atom stereocenters. The summed E-state index contributed by atoms with van der Waals surface area (Å²) in [7, 11) is 0. The molecule has 3 aromatic heterocycles. The first kappa shape index (κ1) is 27.7. The molecule has 244 valence electrons. The van der Waals surface area contributed by atoms with Crippen molar-refractivity contribution in [2.24, 2.45) is 0 Å². The van der Waals surface area contributed by atoms with Gasteiger partial charge in [0.05, 0.1) is 16.4 Å². The molecule has 11 aromatic rings. The smallest absolute Gasteiger partial charge is 0.236 e. The summed E-state index contributed by atoms with van der Waals surface area (Å²) in [5.41, 5.74) is 13.7. The van der Waals surface area contributed by atoms with Gasteiger partial charge >= 0.3 is 0 Å². The highest BCUT2D eigenvalue weighted by atomic mass is 16.3. The quantitative estimate of drug-likeness (QED) is 0.183. The van der Waals surface area contributed by atoms with Crippen LogP contribution in [0.4, 0.5) is 0 Å². The summed E-state index contributed by atoms with van der Waals surface area (Å²) in [5, 5.41) is 8.31. The third kappa shape index (κ3) is 3.28. The summed E-state index contributed by atoms with van der Waals surface area (Å²) in [5.74, 6) is 0.629. The number of fused-ring (bicyclic) bond motifs is 11. The van der Waals surface area contributed by atoms with Gasteiger partial charge < -0.3 is 4.42 Å². The van der Waals surface area contributed by atoms with E-state index in [1.54, 1.807) is 0 Å². The Kier molecular flexibility index (Phi) is 5.03. The van der Waals surface area contributed by atoms with E-state index >= 15 is 0 Å². The van der Waals surface area contributed by atoms with Crippen molar-refractivity contribution < 1.29 is 4.42 Å². The van der Waals surface area contributed by atoms with Crippen molar-refractivity contribution in [3.63, 3.8) is 0 Å². The molecular weight excluding hydrogens is 647 g/mol. The first-order valence-electron chi connectivity index (χ1n) is 18.2. The van der Waals surface area contributed by atoms with Crippen molar-refractivity contribution in [2.45, 2.75) is 5.41 Å². The van der Waals surface area contributed by atoms with Crippen molar-refractivity contribution in [1.82, 2.24) is 14.5 Å². The van der Waals surface area contributed by atoms with Gasteiger partial charge in [-0.1, -0.05) is 140 Å². The molecule has 0 aliphatic heterocycles. The molecule has 0 saturated carbocycles. The van der Waals surface area contributed by atoms with E-state index in [4.69, 9.17) is 14.4 Å². The Labute approximate surface area is 303 Å². The van der Waals surface area contributed by atoms with Crippen LogP contribution < -0.4 is 0 Å². The van der Waals surface area contributed by atoms with Crippen LogP contribution in [0.15, 0.2) is 168 Å². The van der Waals surface area contributed by atoms with Crippen LogP contribution in [0.3, 0.4) is 0 Å². The monoisotopic (exact) mass is 673 g/mol. The van der Waals surface area contributed by atoms with E-state index < -0.39 is 5.41 Å². The van der Waals surface area contributed by atoms with Crippen molar-refractivity contribution >= 4 is 65.4 Å². The standard InChI is InChI=1S/C49H27N3O/c1-2-12-29(13-3-1)45-47-46(34-26-30-14-4-5-15-31(30)27-41(34)53-47)51-48(50-45)52-39-23-11-22-38-43(39)44-40(52)25-24-28-16-10-21-37(42(28)44)49(38)35-19-8-6-17-32(35)33-18-7-9-20-36(33)49/h1-27H. The molecule has 0 radical (unpaired) electrons. The topological polar surface area (TPSA) is 43.9 Å². The average molecular weight is 674 g/mol. The predicted octanol–water partition coefficient (Wildman–Crippen LogP) is 12.1. The molecule has 0 unspecified atom stereocenters. The molecule has 0 amide bonds. The molecule has 0 saturated heterocycles. The highest BCUT2D eigenvalue weighted by molar-refractivity contribution is 6.26. The lowest BCUT2D eigenvalue weighted by molar-refractivity contribution is 0.667. The second-order valence-electron chi connectivity index (χ2n) is 14.5. The molecule has 53 heavy (non-hydrogen) atoms. The maximum absolute atomic E-state index is 6.67. The van der Waals surface area contributed by atoms with Crippen LogP contribution in [0.5, 0.6) is 0 Å². The van der Waals surface area contributed by atoms with E-state index in [1.807, 2.05) is 6.07 Å².